The van der Waals surface area contributed by atoms with Crippen molar-refractivity contribution < 1.29 is 14.3 Å². The maximum absolute atomic E-state index is 12.7. The molecule has 0 saturated heterocycles. The van der Waals surface area contributed by atoms with Gasteiger partial charge in [0, 0.05) is 16.4 Å². The highest BCUT2D eigenvalue weighted by Crippen LogP contribution is 2.24. The van der Waals surface area contributed by atoms with Crippen molar-refractivity contribution in [3.8, 4) is 5.75 Å². The van der Waals surface area contributed by atoms with Gasteiger partial charge in [0.05, 0.1) is 24.4 Å². The second kappa shape index (κ2) is 10.3. The Hall–Kier alpha value is -3.51. The fourth-order valence-corrected chi connectivity index (χ4v) is 2.91. The summed E-state index contributed by atoms with van der Waals surface area (Å²) in [5.74, 6) is 0.0636. The Kier molecular flexibility index (Phi) is 7.29. The van der Waals surface area contributed by atoms with Gasteiger partial charge in [-0.25, -0.2) is 0 Å². The Labute approximate surface area is 180 Å². The number of ether oxygens (including phenoxy) is 1. The highest BCUT2D eigenvalue weighted by atomic mass is 35.5. The van der Waals surface area contributed by atoms with Crippen LogP contribution < -0.4 is 20.7 Å². The first-order chi connectivity index (χ1) is 14.6. The van der Waals surface area contributed by atoms with Gasteiger partial charge in [0.25, 0.3) is 5.91 Å². The lowest BCUT2D eigenvalue weighted by atomic mass is 10.1. The molecule has 3 aromatic rings. The van der Waals surface area contributed by atoms with Crippen LogP contribution in [0.1, 0.15) is 17.3 Å². The molecular formula is C23H22ClN3O3. The van der Waals surface area contributed by atoms with Crippen LogP contribution in [0, 0.1) is 0 Å². The van der Waals surface area contributed by atoms with Gasteiger partial charge in [-0.1, -0.05) is 35.9 Å². The minimum atomic E-state index is -0.289. The van der Waals surface area contributed by atoms with E-state index in [1.165, 1.54) is 0 Å². The standard InChI is InChI=1S/C23H22ClN3O3/c1-2-30-21-10-6-5-9-20(21)27-22(28)15-25-19-8-4-3-7-18(19)23(29)26-17-13-11-16(24)12-14-17/h3-14,25H,2,15H2,1H3,(H,26,29)(H,27,28). The summed E-state index contributed by atoms with van der Waals surface area (Å²) >= 11 is 5.88. The second-order valence-corrected chi connectivity index (χ2v) is 6.77. The van der Waals surface area contributed by atoms with Gasteiger partial charge in [-0.3, -0.25) is 9.59 Å². The molecule has 30 heavy (non-hydrogen) atoms. The van der Waals surface area contributed by atoms with Gasteiger partial charge in [-0.2, -0.15) is 0 Å². The number of carbonyl (C=O) groups is 2. The molecule has 0 radical (unpaired) electrons. The summed E-state index contributed by atoms with van der Waals surface area (Å²) in [6.07, 6.45) is 0. The minimum absolute atomic E-state index is 0.00824. The van der Waals surface area contributed by atoms with Crippen LogP contribution in [0.3, 0.4) is 0 Å². The Balaban J connectivity index is 1.64. The molecule has 0 fully saturated rings. The first-order valence-electron chi connectivity index (χ1n) is 9.48. The van der Waals surface area contributed by atoms with Crippen LogP contribution in [0.25, 0.3) is 0 Å². The zero-order valence-electron chi connectivity index (χ0n) is 16.4. The smallest absolute Gasteiger partial charge is 0.257 e. The van der Waals surface area contributed by atoms with Gasteiger partial charge < -0.3 is 20.7 Å². The molecule has 7 heteroatoms. The molecule has 0 saturated carbocycles. The number of amides is 2. The van der Waals surface area contributed by atoms with Crippen LogP contribution in [-0.2, 0) is 4.79 Å². The summed E-state index contributed by atoms with van der Waals surface area (Å²) in [5, 5.41) is 9.26. The predicted octanol–water partition coefficient (Wildman–Crippen LogP) is 5.04. The number of para-hydroxylation sites is 3. The van der Waals surface area contributed by atoms with Crippen LogP contribution in [0.5, 0.6) is 5.75 Å². The van der Waals surface area contributed by atoms with Crippen molar-refractivity contribution in [2.24, 2.45) is 0 Å². The van der Waals surface area contributed by atoms with E-state index in [2.05, 4.69) is 16.0 Å². The molecule has 0 aromatic heterocycles. The third kappa shape index (κ3) is 5.75. The molecule has 3 N–H and O–H groups in total. The largest absolute Gasteiger partial charge is 0.492 e. The third-order valence-corrected chi connectivity index (χ3v) is 4.43. The average molecular weight is 424 g/mol. The normalized spacial score (nSPS) is 10.2. The molecule has 2 amide bonds. The van der Waals surface area contributed by atoms with Crippen LogP contribution in [0.4, 0.5) is 17.1 Å². The van der Waals surface area contributed by atoms with Crippen molar-refractivity contribution >= 4 is 40.5 Å². The third-order valence-electron chi connectivity index (χ3n) is 4.17. The number of nitrogens with one attached hydrogen (secondary N) is 3. The lowest BCUT2D eigenvalue weighted by Gasteiger charge is -2.14. The molecule has 3 rings (SSSR count). The molecular weight excluding hydrogens is 402 g/mol. The average Bonchev–Trinajstić information content (AvgIpc) is 2.75. The van der Waals surface area contributed by atoms with Crippen LogP contribution >= 0.6 is 11.6 Å². The number of benzene rings is 3. The van der Waals surface area contributed by atoms with Crippen LogP contribution in [0.2, 0.25) is 5.02 Å². The van der Waals surface area contributed by atoms with E-state index < -0.39 is 0 Å². The quantitative estimate of drug-likeness (QED) is 0.474. The highest BCUT2D eigenvalue weighted by molar-refractivity contribution is 6.30. The Morgan fingerprint density at radius 3 is 2.27 bits per heavy atom. The summed E-state index contributed by atoms with van der Waals surface area (Å²) in [4.78, 5) is 25.1. The van der Waals surface area contributed by atoms with Gasteiger partial charge in [-0.15, -0.1) is 0 Å². The van der Waals surface area contributed by atoms with Crippen LogP contribution in [0.15, 0.2) is 72.8 Å². The zero-order chi connectivity index (χ0) is 21.3. The molecule has 0 bridgehead atoms. The van der Waals surface area contributed by atoms with E-state index in [1.54, 1.807) is 60.7 Å². The van der Waals surface area contributed by atoms with Gasteiger partial charge in [0.15, 0.2) is 0 Å². The maximum atomic E-state index is 12.7. The Morgan fingerprint density at radius 2 is 1.53 bits per heavy atom. The number of rotatable bonds is 8. The number of halogens is 1. The summed E-state index contributed by atoms with van der Waals surface area (Å²) in [5.41, 5.74) is 2.21. The van der Waals surface area contributed by atoms with E-state index in [4.69, 9.17) is 16.3 Å². The molecule has 0 unspecified atom stereocenters. The van der Waals surface area contributed by atoms with E-state index in [0.717, 1.165) is 0 Å². The first-order valence-corrected chi connectivity index (χ1v) is 9.86. The fraction of sp³-hybridized carbons (Fsp3) is 0.130. The maximum Gasteiger partial charge on any atom is 0.257 e. The molecule has 0 spiro atoms. The SMILES string of the molecule is CCOc1ccccc1NC(=O)CNc1ccccc1C(=O)Nc1ccc(Cl)cc1. The molecule has 3 aromatic carbocycles. The van der Waals surface area contributed by atoms with Gasteiger partial charge in [0.2, 0.25) is 5.91 Å². The number of carbonyl (C=O) groups excluding carboxylic acids is 2. The monoisotopic (exact) mass is 423 g/mol. The molecule has 0 aliphatic rings. The molecule has 6 nitrogen and oxygen atoms in total. The van der Waals surface area contributed by atoms with Crippen LogP contribution in [-0.4, -0.2) is 25.0 Å². The van der Waals surface area contributed by atoms with Crippen molar-refractivity contribution in [3.63, 3.8) is 0 Å². The van der Waals surface area contributed by atoms with Gasteiger partial charge in [0.1, 0.15) is 5.75 Å². The number of hydrogen-bond acceptors (Lipinski definition) is 4. The summed E-state index contributed by atoms with van der Waals surface area (Å²) in [6.45, 7) is 2.37. The van der Waals surface area contributed by atoms with E-state index in [0.29, 0.717) is 40.0 Å². The number of anilines is 3. The van der Waals surface area contributed by atoms with Gasteiger partial charge in [-0.05, 0) is 55.5 Å². The van der Waals surface area contributed by atoms with Crippen molar-refractivity contribution in [1.29, 1.82) is 0 Å². The predicted molar refractivity (Wildman–Crippen MR) is 121 cm³/mol. The minimum Gasteiger partial charge on any atom is -0.492 e. The summed E-state index contributed by atoms with van der Waals surface area (Å²) in [6, 6.07) is 21.1. The molecule has 0 heterocycles. The summed E-state index contributed by atoms with van der Waals surface area (Å²) in [7, 11) is 0. The van der Waals surface area contributed by atoms with E-state index >= 15 is 0 Å². The Bertz CT molecular complexity index is 1020. The second-order valence-electron chi connectivity index (χ2n) is 6.34. The summed E-state index contributed by atoms with van der Waals surface area (Å²) < 4.78 is 5.52. The topological polar surface area (TPSA) is 79.5 Å². The molecule has 154 valence electrons. The van der Waals surface area contributed by atoms with Gasteiger partial charge >= 0.3 is 0 Å². The van der Waals surface area contributed by atoms with E-state index in [9.17, 15) is 9.59 Å². The van der Waals surface area contributed by atoms with Crippen molar-refractivity contribution in [3.05, 3.63) is 83.4 Å². The van der Waals surface area contributed by atoms with E-state index in [-0.39, 0.29) is 18.4 Å². The Morgan fingerprint density at radius 1 is 0.867 bits per heavy atom. The molecule has 0 atom stereocenters. The lowest BCUT2D eigenvalue weighted by molar-refractivity contribution is -0.114. The first kappa shape index (κ1) is 21.2. The van der Waals surface area contributed by atoms with Crippen molar-refractivity contribution in [2.75, 3.05) is 29.1 Å². The van der Waals surface area contributed by atoms with Crippen molar-refractivity contribution in [1.82, 2.24) is 0 Å². The molecule has 0 aliphatic heterocycles. The molecule has 0 aliphatic carbocycles. The van der Waals surface area contributed by atoms with Crippen molar-refractivity contribution in [2.45, 2.75) is 6.92 Å². The number of hydrogen-bond donors (Lipinski definition) is 3. The lowest BCUT2D eigenvalue weighted by Crippen LogP contribution is -2.23. The zero-order valence-corrected chi connectivity index (χ0v) is 17.2. The highest BCUT2D eigenvalue weighted by Gasteiger charge is 2.13. The van der Waals surface area contributed by atoms with E-state index in [1.807, 2.05) is 19.1 Å². The fourth-order valence-electron chi connectivity index (χ4n) is 2.79.